The Kier molecular flexibility index (Phi) is 51.8. The molecule has 1 N–H and O–H groups in total. The molecule has 0 unspecified atom stereocenters. The minimum absolute atomic E-state index is 0.0102. The molecule has 0 aliphatic carbocycles. The molecule has 0 aromatic rings. The van der Waals surface area contributed by atoms with Gasteiger partial charge in [0.25, 0.3) is 0 Å². The van der Waals surface area contributed by atoms with Gasteiger partial charge in [0, 0.05) is 48.4 Å². The van der Waals surface area contributed by atoms with Gasteiger partial charge in [-0.25, -0.2) is 0 Å². The third-order valence-electron chi connectivity index (χ3n) is 11.7. The van der Waals surface area contributed by atoms with Crippen LogP contribution >= 0.6 is 47.0 Å². The number of unbranched alkanes of at least 4 members (excludes halogenated alkanes) is 20. The Morgan fingerprint density at radius 1 is 0.460 bits per heavy atom. The van der Waals surface area contributed by atoms with Gasteiger partial charge in [-0.15, -0.1) is 0 Å². The normalized spacial score (nSPS) is 11.8. The number of likely N-dealkylation sites (N-methyl/N-ethyl adjacent to an activating group) is 1. The third kappa shape index (κ3) is 45.8. The lowest BCUT2D eigenvalue weighted by atomic mass is 9.99. The van der Waals surface area contributed by atoms with Crippen LogP contribution in [0.5, 0.6) is 0 Å². The summed E-state index contributed by atoms with van der Waals surface area (Å²) in [7, 11) is 2.18. The van der Waals surface area contributed by atoms with E-state index < -0.39 is 0 Å². The summed E-state index contributed by atoms with van der Waals surface area (Å²) in [6.45, 7) is 10.9. The van der Waals surface area contributed by atoms with E-state index in [1.807, 2.05) is 47.0 Å². The zero-order valence-corrected chi connectivity index (χ0v) is 45.3. The van der Waals surface area contributed by atoms with Gasteiger partial charge in [-0.1, -0.05) is 156 Å². The number of hydrogen-bond acceptors (Lipinski definition) is 11. The van der Waals surface area contributed by atoms with Crippen LogP contribution in [0.1, 0.15) is 220 Å². The molecule has 376 valence electrons. The molecule has 0 amide bonds. The highest BCUT2D eigenvalue weighted by atomic mass is 32.2. The highest BCUT2D eigenvalue weighted by Gasteiger charge is 2.18. The maximum absolute atomic E-state index is 13.0. The Balaban J connectivity index is 4.84. The van der Waals surface area contributed by atoms with Crippen molar-refractivity contribution in [3.8, 4) is 0 Å². The number of thioether (sulfide) groups is 4. The van der Waals surface area contributed by atoms with Gasteiger partial charge >= 0.3 is 11.9 Å². The second-order valence-electron chi connectivity index (χ2n) is 17.8. The standard InChI is InChI=1S/C52H103NO6S4/c1-6-10-14-18-28-40-60-44-49(45-61-41-29-19-15-11-7-2)58-51(55)34-26-22-24-32-48(53(5)36-38-57-39-37-54)33-25-23-27-35-52(56)59-50(46-62-42-30-20-16-12-8-3)47-63-43-31-21-17-13-9-4/h48-50,54H,6-47H2,1-5H3. The molecular weight excluding hydrogens is 863 g/mol. The first kappa shape index (κ1) is 63.2. The summed E-state index contributed by atoms with van der Waals surface area (Å²) in [4.78, 5) is 28.5. The molecule has 7 nitrogen and oxygen atoms in total. The summed E-state index contributed by atoms with van der Waals surface area (Å²) in [5.41, 5.74) is 0. The number of nitrogens with zero attached hydrogens (tertiary/aromatic N) is 1. The first-order valence-corrected chi connectivity index (χ1v) is 31.1. The van der Waals surface area contributed by atoms with E-state index in [4.69, 9.17) is 19.3 Å². The van der Waals surface area contributed by atoms with E-state index >= 15 is 0 Å². The van der Waals surface area contributed by atoms with Crippen molar-refractivity contribution in [3.63, 3.8) is 0 Å². The lowest BCUT2D eigenvalue weighted by molar-refractivity contribution is -0.148. The molecule has 0 saturated heterocycles. The predicted molar refractivity (Wildman–Crippen MR) is 285 cm³/mol. The zero-order chi connectivity index (χ0) is 46.1. The molecule has 0 radical (unpaired) electrons. The minimum atomic E-state index is -0.0280. The smallest absolute Gasteiger partial charge is 0.306 e. The Labute approximate surface area is 408 Å². The van der Waals surface area contributed by atoms with Gasteiger partial charge in [0.05, 0.1) is 19.8 Å². The average molecular weight is 967 g/mol. The van der Waals surface area contributed by atoms with Gasteiger partial charge in [0.2, 0.25) is 0 Å². The van der Waals surface area contributed by atoms with Gasteiger partial charge < -0.3 is 24.2 Å². The van der Waals surface area contributed by atoms with Crippen LogP contribution in [0.2, 0.25) is 0 Å². The molecule has 0 spiro atoms. The number of carbonyl (C=O) groups excluding carboxylic acids is 2. The SMILES string of the molecule is CCCCCCCSCC(CSCCCCCCC)OC(=O)CCCCCC(CCCCCC(=O)OC(CSCCCCCCC)CSCCCCCCC)N(C)CCOCCO. The second kappa shape index (κ2) is 51.6. The van der Waals surface area contributed by atoms with Crippen molar-refractivity contribution in [2.75, 3.05) is 79.4 Å². The highest BCUT2D eigenvalue weighted by molar-refractivity contribution is 8.00. The van der Waals surface area contributed by atoms with Crippen molar-refractivity contribution >= 4 is 59.0 Å². The molecule has 0 bridgehead atoms. The summed E-state index contributed by atoms with van der Waals surface area (Å²) in [6, 6.07) is 0.423. The van der Waals surface area contributed by atoms with E-state index in [1.54, 1.807) is 0 Å². The van der Waals surface area contributed by atoms with Crippen LogP contribution in [0, 0.1) is 0 Å². The monoisotopic (exact) mass is 966 g/mol. The van der Waals surface area contributed by atoms with Crippen molar-refractivity contribution in [1.29, 1.82) is 0 Å². The fourth-order valence-corrected chi connectivity index (χ4v) is 12.0. The molecular formula is C52H103NO6S4. The van der Waals surface area contributed by atoms with Crippen LogP contribution in [0.3, 0.4) is 0 Å². The Bertz CT molecular complexity index is 852. The second-order valence-corrected chi connectivity index (χ2v) is 22.4. The molecule has 63 heavy (non-hydrogen) atoms. The quantitative estimate of drug-likeness (QED) is 0.0467. The first-order valence-electron chi connectivity index (χ1n) is 26.5. The van der Waals surface area contributed by atoms with Gasteiger partial charge in [-0.3, -0.25) is 9.59 Å². The summed E-state index contributed by atoms with van der Waals surface area (Å²) < 4.78 is 17.8. The molecule has 0 aromatic carbocycles. The highest BCUT2D eigenvalue weighted by Crippen LogP contribution is 2.21. The van der Waals surface area contributed by atoms with Gasteiger partial charge in [-0.2, -0.15) is 47.0 Å². The molecule has 0 atom stereocenters. The third-order valence-corrected chi connectivity index (χ3v) is 16.4. The summed E-state index contributed by atoms with van der Waals surface area (Å²) >= 11 is 7.86. The Hall–Kier alpha value is 0.220. The number of aliphatic hydroxyl groups excluding tert-OH is 1. The molecule has 0 heterocycles. The number of esters is 2. The molecule has 0 fully saturated rings. The van der Waals surface area contributed by atoms with E-state index in [1.165, 1.54) is 128 Å². The minimum Gasteiger partial charge on any atom is -0.461 e. The molecule has 0 saturated carbocycles. The fourth-order valence-electron chi connectivity index (χ4n) is 7.61. The number of rotatable bonds is 52. The van der Waals surface area contributed by atoms with Crippen molar-refractivity contribution < 1.29 is 28.9 Å². The van der Waals surface area contributed by atoms with Crippen LogP contribution in [0.4, 0.5) is 0 Å². The van der Waals surface area contributed by atoms with E-state index in [0.717, 1.165) is 104 Å². The Morgan fingerprint density at radius 2 is 0.794 bits per heavy atom. The van der Waals surface area contributed by atoms with E-state index in [2.05, 4.69) is 39.6 Å². The molecule has 11 heteroatoms. The van der Waals surface area contributed by atoms with Crippen LogP contribution in [0.15, 0.2) is 0 Å². The Morgan fingerprint density at radius 3 is 1.13 bits per heavy atom. The first-order chi connectivity index (χ1) is 30.9. The zero-order valence-electron chi connectivity index (χ0n) is 42.0. The van der Waals surface area contributed by atoms with E-state index in [0.29, 0.717) is 32.1 Å². The summed E-state index contributed by atoms with van der Waals surface area (Å²) in [5, 5.41) is 9.17. The van der Waals surface area contributed by atoms with Crippen molar-refractivity contribution in [2.24, 2.45) is 0 Å². The van der Waals surface area contributed by atoms with E-state index in [9.17, 15) is 9.59 Å². The number of aliphatic hydroxyl groups is 1. The summed E-state index contributed by atoms with van der Waals surface area (Å²) in [6.07, 6.45) is 35.1. The average Bonchev–Trinajstić information content (AvgIpc) is 3.27. The maximum atomic E-state index is 13.0. The van der Waals surface area contributed by atoms with Gasteiger partial charge in [0.15, 0.2) is 0 Å². The fraction of sp³-hybridized carbons (Fsp3) is 0.962. The number of hydrogen-bond donors (Lipinski definition) is 1. The van der Waals surface area contributed by atoms with Crippen molar-refractivity contribution in [3.05, 3.63) is 0 Å². The van der Waals surface area contributed by atoms with Gasteiger partial charge in [-0.05, 0) is 81.4 Å². The molecule has 0 aliphatic rings. The van der Waals surface area contributed by atoms with Gasteiger partial charge in [0.1, 0.15) is 12.2 Å². The van der Waals surface area contributed by atoms with Crippen LogP contribution in [-0.2, 0) is 23.8 Å². The number of carbonyl (C=O) groups is 2. The molecule has 0 aliphatic heterocycles. The molecule has 0 aromatic heterocycles. The summed E-state index contributed by atoms with van der Waals surface area (Å²) in [5.74, 6) is 8.24. The predicted octanol–water partition coefficient (Wildman–Crippen LogP) is 14.8. The van der Waals surface area contributed by atoms with Crippen LogP contribution < -0.4 is 0 Å². The van der Waals surface area contributed by atoms with Crippen molar-refractivity contribution in [2.45, 2.75) is 239 Å². The van der Waals surface area contributed by atoms with Crippen LogP contribution in [0.25, 0.3) is 0 Å². The maximum Gasteiger partial charge on any atom is 0.306 e. The van der Waals surface area contributed by atoms with Crippen LogP contribution in [-0.4, -0.2) is 120 Å². The topological polar surface area (TPSA) is 85.3 Å². The van der Waals surface area contributed by atoms with E-state index in [-0.39, 0.29) is 30.8 Å². The lowest BCUT2D eigenvalue weighted by Gasteiger charge is -2.28. The number of ether oxygens (including phenoxy) is 3. The van der Waals surface area contributed by atoms with Crippen molar-refractivity contribution in [1.82, 2.24) is 4.90 Å². The lowest BCUT2D eigenvalue weighted by Crippen LogP contribution is -2.34. The molecule has 0 rings (SSSR count). The largest absolute Gasteiger partial charge is 0.461 e.